The van der Waals surface area contributed by atoms with Crippen LogP contribution < -0.4 is 0 Å². The molecule has 0 aliphatic heterocycles. The van der Waals surface area contributed by atoms with Gasteiger partial charge in [-0.3, -0.25) is 4.79 Å². The van der Waals surface area contributed by atoms with Crippen LogP contribution in [0.15, 0.2) is 12.0 Å². The molecule has 0 N–H and O–H groups in total. The fourth-order valence-corrected chi connectivity index (χ4v) is 0.766. The van der Waals surface area contributed by atoms with Gasteiger partial charge in [0.2, 0.25) is 0 Å². The summed E-state index contributed by atoms with van der Waals surface area (Å²) in [7, 11) is 0. The van der Waals surface area contributed by atoms with Gasteiger partial charge in [0.05, 0.1) is 6.61 Å². The van der Waals surface area contributed by atoms with E-state index in [1.807, 2.05) is 0 Å². The molecule has 144 valence electrons. The smallest absolute Gasteiger partial charge is 0.456 e. The summed E-state index contributed by atoms with van der Waals surface area (Å²) < 4.78 is 122. The SMILES string of the molecule is FCCOC(OF)=C(F)F.O=C(F)C(OF)(OCCF)C(F)(F)F. The third-order valence-corrected chi connectivity index (χ3v) is 1.66. The Morgan fingerprint density at radius 3 is 1.67 bits per heavy atom. The minimum absolute atomic E-state index is 0.656. The zero-order chi connectivity index (χ0) is 19.4. The molecule has 0 radical (unpaired) electrons. The summed E-state index contributed by atoms with van der Waals surface area (Å²) in [5.41, 5.74) is 0. The maximum Gasteiger partial charge on any atom is 0.457 e. The van der Waals surface area contributed by atoms with Gasteiger partial charge >= 0.3 is 30.0 Å². The molecule has 0 aromatic carbocycles. The van der Waals surface area contributed by atoms with Crippen LogP contribution in [0.3, 0.4) is 0 Å². The van der Waals surface area contributed by atoms with E-state index < -0.39 is 56.6 Å². The number of hydrogen-bond acceptors (Lipinski definition) is 5. The minimum Gasteiger partial charge on any atom is -0.456 e. The molecule has 0 bridgehead atoms. The van der Waals surface area contributed by atoms with Gasteiger partial charge in [0.1, 0.15) is 20.0 Å². The van der Waals surface area contributed by atoms with Gasteiger partial charge < -0.3 is 9.47 Å². The van der Waals surface area contributed by atoms with E-state index in [0.717, 1.165) is 0 Å². The van der Waals surface area contributed by atoms with Crippen molar-refractivity contribution in [3.05, 3.63) is 12.0 Å². The molecule has 0 heterocycles. The van der Waals surface area contributed by atoms with Gasteiger partial charge in [0.15, 0.2) is 0 Å². The molecule has 1 unspecified atom stereocenters. The molecule has 1 atom stereocenters. The van der Waals surface area contributed by atoms with E-state index in [4.69, 9.17) is 0 Å². The first-order chi connectivity index (χ1) is 11.0. The molecule has 0 spiro atoms. The van der Waals surface area contributed by atoms with Crippen molar-refractivity contribution in [3.8, 4) is 0 Å². The molecule has 24 heavy (non-hydrogen) atoms. The van der Waals surface area contributed by atoms with Crippen molar-refractivity contribution >= 4 is 6.04 Å². The molecule has 0 fully saturated rings. The zero-order valence-corrected chi connectivity index (χ0v) is 11.1. The first-order valence-corrected chi connectivity index (χ1v) is 5.32. The number of rotatable bonds is 9. The largest absolute Gasteiger partial charge is 0.457 e. The van der Waals surface area contributed by atoms with E-state index >= 15 is 0 Å². The van der Waals surface area contributed by atoms with Crippen LogP contribution in [0.2, 0.25) is 0 Å². The number of halogens is 10. The Kier molecular flexibility index (Phi) is 12.0. The van der Waals surface area contributed by atoms with Crippen LogP contribution in [0.25, 0.3) is 0 Å². The monoisotopic (exact) mass is 386 g/mol. The normalized spacial score (nSPS) is 13.2. The first kappa shape index (κ1) is 24.5. The van der Waals surface area contributed by atoms with E-state index in [-0.39, 0.29) is 0 Å². The molecule has 0 rings (SSSR count). The second kappa shape index (κ2) is 11.7. The second-order valence-electron chi connectivity index (χ2n) is 3.17. The van der Waals surface area contributed by atoms with E-state index in [9.17, 15) is 49.0 Å². The Bertz CT molecular complexity index is 397. The molecule has 0 aromatic rings. The lowest BCUT2D eigenvalue weighted by Crippen LogP contribution is -2.54. The summed E-state index contributed by atoms with van der Waals surface area (Å²) in [5.74, 6) is -6.27. The molecule has 0 amide bonds. The predicted molar refractivity (Wildman–Crippen MR) is 52.4 cm³/mol. The van der Waals surface area contributed by atoms with Crippen molar-refractivity contribution in [2.24, 2.45) is 0 Å². The lowest BCUT2D eigenvalue weighted by atomic mass is 10.3. The average Bonchev–Trinajstić information content (AvgIpc) is 2.48. The van der Waals surface area contributed by atoms with Gasteiger partial charge in [0, 0.05) is 4.53 Å². The van der Waals surface area contributed by atoms with Crippen molar-refractivity contribution in [2.75, 3.05) is 26.6 Å². The molecule has 0 aliphatic carbocycles. The molecule has 0 saturated heterocycles. The Morgan fingerprint density at radius 2 is 1.42 bits per heavy atom. The van der Waals surface area contributed by atoms with Gasteiger partial charge in [-0.2, -0.15) is 26.3 Å². The number of carbonyl (C=O) groups is 1. The van der Waals surface area contributed by atoms with Crippen LogP contribution in [0.1, 0.15) is 0 Å². The lowest BCUT2D eigenvalue weighted by molar-refractivity contribution is -0.422. The summed E-state index contributed by atoms with van der Waals surface area (Å²) in [6.07, 6.45) is -8.24. The van der Waals surface area contributed by atoms with Gasteiger partial charge in [-0.15, -0.1) is 4.94 Å². The molecule has 5 nitrogen and oxygen atoms in total. The molecule has 0 aliphatic rings. The molecular weight excluding hydrogens is 378 g/mol. The number of ether oxygens (including phenoxy) is 2. The van der Waals surface area contributed by atoms with Crippen LogP contribution in [-0.4, -0.2) is 44.6 Å². The third-order valence-electron chi connectivity index (χ3n) is 1.66. The van der Waals surface area contributed by atoms with Crippen molar-refractivity contribution in [2.45, 2.75) is 12.0 Å². The summed E-state index contributed by atoms with van der Waals surface area (Å²) in [6.45, 7) is -4.44. The number of hydrogen-bond donors (Lipinski definition) is 0. The van der Waals surface area contributed by atoms with Gasteiger partial charge in [-0.1, -0.05) is 0 Å². The van der Waals surface area contributed by atoms with Crippen molar-refractivity contribution < 1.29 is 68.3 Å². The Morgan fingerprint density at radius 1 is 0.917 bits per heavy atom. The lowest BCUT2D eigenvalue weighted by Gasteiger charge is -2.25. The molecule has 15 heteroatoms. The van der Waals surface area contributed by atoms with E-state index in [1.54, 1.807) is 0 Å². The molecule has 0 saturated carbocycles. The second-order valence-corrected chi connectivity index (χ2v) is 3.17. The Balaban J connectivity index is 0. The predicted octanol–water partition coefficient (Wildman–Crippen LogP) is 3.57. The van der Waals surface area contributed by atoms with E-state index in [1.165, 1.54) is 0 Å². The van der Waals surface area contributed by atoms with Crippen LogP contribution in [0.5, 0.6) is 0 Å². The summed E-state index contributed by atoms with van der Waals surface area (Å²) in [5, 5.41) is 0. The van der Waals surface area contributed by atoms with Crippen LogP contribution in [-0.2, 0) is 24.2 Å². The van der Waals surface area contributed by atoms with E-state index in [0.29, 0.717) is 0 Å². The topological polar surface area (TPSA) is 54.0 Å². The van der Waals surface area contributed by atoms with Crippen LogP contribution in [0.4, 0.5) is 44.2 Å². The quantitative estimate of drug-likeness (QED) is 0.263. The average molecular weight is 386 g/mol. The molecule has 0 aromatic heterocycles. The Hall–Kier alpha value is -1.77. The maximum absolute atomic E-state index is 11.9. The summed E-state index contributed by atoms with van der Waals surface area (Å²) in [6, 6.07) is -3.25. The molecular formula is C9H8F10O5. The van der Waals surface area contributed by atoms with Crippen LogP contribution >= 0.6 is 0 Å². The van der Waals surface area contributed by atoms with Crippen LogP contribution in [0, 0.1) is 0 Å². The fraction of sp³-hybridized carbons (Fsp3) is 0.667. The maximum atomic E-state index is 11.9. The first-order valence-electron chi connectivity index (χ1n) is 5.32. The highest BCUT2D eigenvalue weighted by molar-refractivity contribution is 5.77. The fourth-order valence-electron chi connectivity index (χ4n) is 0.766. The number of carbonyl (C=O) groups excluding carboxylic acids is 1. The zero-order valence-electron chi connectivity index (χ0n) is 11.1. The van der Waals surface area contributed by atoms with Gasteiger partial charge in [0.25, 0.3) is 0 Å². The summed E-state index contributed by atoms with van der Waals surface area (Å²) in [4.78, 5) is 14.5. The standard InChI is InChI=1S/C5H4F6O3.C4H4F4O2/c6-1-2-13-4(14-11,3(7)12)5(8,9)10;5-1-2-9-4(10-8)3(6)7/h1-2H2;1-2H2. The highest BCUT2D eigenvalue weighted by Crippen LogP contribution is 2.36. The minimum atomic E-state index is -5.78. The van der Waals surface area contributed by atoms with Crippen molar-refractivity contribution in [1.29, 1.82) is 0 Å². The van der Waals surface area contributed by atoms with E-state index in [2.05, 4.69) is 19.4 Å². The van der Waals surface area contributed by atoms with Crippen molar-refractivity contribution in [1.82, 2.24) is 0 Å². The Labute approximate surface area is 126 Å². The van der Waals surface area contributed by atoms with Gasteiger partial charge in [-0.05, 0) is 4.53 Å². The summed E-state index contributed by atoms with van der Waals surface area (Å²) >= 11 is 0. The third kappa shape index (κ3) is 7.67. The van der Waals surface area contributed by atoms with Gasteiger partial charge in [-0.25, -0.2) is 13.7 Å². The highest BCUT2D eigenvalue weighted by atomic mass is 19.4. The highest BCUT2D eigenvalue weighted by Gasteiger charge is 2.66. The number of alkyl halides is 5. The van der Waals surface area contributed by atoms with Crippen molar-refractivity contribution in [3.63, 3.8) is 0 Å².